The zero-order valence-corrected chi connectivity index (χ0v) is 33.4. The van der Waals surface area contributed by atoms with E-state index in [0.717, 1.165) is 17.4 Å². The fourth-order valence-corrected chi connectivity index (χ4v) is 11.0. The van der Waals surface area contributed by atoms with Crippen molar-refractivity contribution in [2.24, 2.45) is 0 Å². The molecule has 57 heavy (non-hydrogen) atoms. The standard InChI is InChI=1S/C50H41B2N3O2/c1-49(2,3)27-22-39-43-41(24-27)56-47-35(51(43)33-18-12-16-31-29-14-8-10-20-37(29)54(39)45(31)33)26-36-48(53(47)7)57-42-25-28(50(4,5)6)23-40-44(42)52(36)34-19-13-17-32-30-15-9-11-21-38(30)55(40)46(32)34/h8-26,47H,1-7H3. The number of nitrogens with zero attached hydrogens (tertiary/aromatic N) is 3. The van der Waals surface area contributed by atoms with Crippen LogP contribution in [-0.4, -0.2) is 40.7 Å². The van der Waals surface area contributed by atoms with Gasteiger partial charge in [-0.05, 0) is 91.2 Å². The van der Waals surface area contributed by atoms with E-state index < -0.39 is 0 Å². The van der Waals surface area contributed by atoms with Gasteiger partial charge in [-0.3, -0.25) is 0 Å². The lowest BCUT2D eigenvalue weighted by Crippen LogP contribution is -2.62. The molecule has 0 saturated carbocycles. The molecular weight excluding hydrogens is 696 g/mol. The summed E-state index contributed by atoms with van der Waals surface area (Å²) in [5.74, 6) is 2.77. The third-order valence-corrected chi connectivity index (χ3v) is 13.7. The number of ether oxygens (including phenoxy) is 2. The molecule has 0 bridgehead atoms. The Hall–Kier alpha value is -6.07. The normalized spacial score (nSPS) is 17.4. The Labute approximate surface area is 333 Å². The molecule has 5 nitrogen and oxygen atoms in total. The monoisotopic (exact) mass is 737 g/mol. The SMILES string of the molecule is CN1C2=C(C=C3B4c5c(cc(C(C)(C)C)cc5-n5c6ccccc6c6cccc4c65)OC31)B1c3c(cc(C(C)(C)C)cc3-n3c4ccccc4c4cccc1c43)O2. The summed E-state index contributed by atoms with van der Waals surface area (Å²) in [4.78, 5) is 2.29. The Bertz CT molecular complexity index is 3260. The first-order chi connectivity index (χ1) is 27.5. The molecule has 7 heterocycles. The van der Waals surface area contributed by atoms with Gasteiger partial charge in [-0.2, -0.15) is 0 Å². The molecule has 0 spiro atoms. The van der Waals surface area contributed by atoms with Crippen molar-refractivity contribution in [1.29, 1.82) is 0 Å². The average Bonchev–Trinajstić information content (AvgIpc) is 3.72. The second-order valence-electron chi connectivity index (χ2n) is 19.0. The van der Waals surface area contributed by atoms with Crippen LogP contribution < -0.4 is 31.3 Å². The summed E-state index contributed by atoms with van der Waals surface area (Å²) in [7, 11) is 2.17. The number of fused-ring (bicyclic) bond motifs is 13. The van der Waals surface area contributed by atoms with Crippen LogP contribution in [-0.2, 0) is 10.8 Å². The largest absolute Gasteiger partial charge is 0.468 e. The van der Waals surface area contributed by atoms with E-state index in [1.165, 1.54) is 98.9 Å². The number of allylic oxidation sites excluding steroid dienone is 2. The Morgan fingerprint density at radius 3 is 1.65 bits per heavy atom. The molecule has 274 valence electrons. The van der Waals surface area contributed by atoms with Crippen LogP contribution in [0, 0.1) is 0 Å². The Kier molecular flexibility index (Phi) is 5.77. The van der Waals surface area contributed by atoms with Gasteiger partial charge >= 0.3 is 0 Å². The Morgan fingerprint density at radius 1 is 0.561 bits per heavy atom. The van der Waals surface area contributed by atoms with Gasteiger partial charge in [-0.15, -0.1) is 0 Å². The van der Waals surface area contributed by atoms with Gasteiger partial charge in [0.2, 0.25) is 0 Å². The van der Waals surface area contributed by atoms with Crippen molar-refractivity contribution in [3.05, 3.63) is 143 Å². The van der Waals surface area contributed by atoms with Crippen LogP contribution in [0.25, 0.3) is 55.0 Å². The first kappa shape index (κ1) is 32.1. The second-order valence-corrected chi connectivity index (χ2v) is 19.0. The van der Waals surface area contributed by atoms with E-state index >= 15 is 0 Å². The van der Waals surface area contributed by atoms with Gasteiger partial charge in [0.1, 0.15) is 11.5 Å². The predicted molar refractivity (Wildman–Crippen MR) is 237 cm³/mol. The molecule has 1 unspecified atom stereocenters. The van der Waals surface area contributed by atoms with Crippen molar-refractivity contribution in [3.8, 4) is 22.9 Å². The number of rotatable bonds is 0. The van der Waals surface area contributed by atoms with Crippen molar-refractivity contribution in [2.45, 2.75) is 58.6 Å². The maximum Gasteiger partial charge on any atom is 0.258 e. The highest BCUT2D eigenvalue weighted by Gasteiger charge is 2.51. The van der Waals surface area contributed by atoms with Crippen LogP contribution in [0.4, 0.5) is 0 Å². The third-order valence-electron chi connectivity index (χ3n) is 13.7. The van der Waals surface area contributed by atoms with E-state index in [1.807, 2.05) is 0 Å². The molecule has 0 fully saturated rings. The van der Waals surface area contributed by atoms with Gasteiger partial charge in [-0.25, -0.2) is 0 Å². The molecule has 2 aromatic heterocycles. The van der Waals surface area contributed by atoms with Crippen LogP contribution >= 0.6 is 0 Å². The van der Waals surface area contributed by atoms with Crippen molar-refractivity contribution >= 4 is 78.9 Å². The lowest BCUT2D eigenvalue weighted by atomic mass is 9.30. The highest BCUT2D eigenvalue weighted by molar-refractivity contribution is 6.97. The van der Waals surface area contributed by atoms with Crippen LogP contribution in [0.2, 0.25) is 0 Å². The maximum absolute atomic E-state index is 7.33. The van der Waals surface area contributed by atoms with Crippen LogP contribution in [0.5, 0.6) is 11.5 Å². The van der Waals surface area contributed by atoms with Crippen LogP contribution in [0.1, 0.15) is 52.7 Å². The number of para-hydroxylation sites is 4. The molecule has 13 rings (SSSR count). The van der Waals surface area contributed by atoms with Crippen molar-refractivity contribution < 1.29 is 9.47 Å². The smallest absolute Gasteiger partial charge is 0.258 e. The fraction of sp³-hybridized carbons (Fsp3) is 0.200. The quantitative estimate of drug-likeness (QED) is 0.147. The van der Waals surface area contributed by atoms with Gasteiger partial charge in [0, 0.05) is 51.0 Å². The zero-order chi connectivity index (χ0) is 38.4. The molecule has 6 aromatic carbocycles. The minimum absolute atomic E-state index is 0.00902. The fourth-order valence-electron chi connectivity index (χ4n) is 11.0. The average molecular weight is 738 g/mol. The Balaban J connectivity index is 1.12. The first-order valence-electron chi connectivity index (χ1n) is 20.4. The summed E-state index contributed by atoms with van der Waals surface area (Å²) < 4.78 is 19.6. The first-order valence-corrected chi connectivity index (χ1v) is 20.4. The van der Waals surface area contributed by atoms with E-state index in [-0.39, 0.29) is 30.5 Å². The number of hydrogen-bond acceptors (Lipinski definition) is 3. The minimum atomic E-state index is -0.340. The van der Waals surface area contributed by atoms with Crippen molar-refractivity contribution in [2.75, 3.05) is 7.05 Å². The summed E-state index contributed by atoms with van der Waals surface area (Å²) in [6, 6.07) is 41.1. The summed E-state index contributed by atoms with van der Waals surface area (Å²) in [5, 5.41) is 5.15. The van der Waals surface area contributed by atoms with Gasteiger partial charge in [0.05, 0.1) is 11.0 Å². The molecule has 0 aliphatic carbocycles. The van der Waals surface area contributed by atoms with Crippen LogP contribution in [0.15, 0.2) is 132 Å². The van der Waals surface area contributed by atoms with Gasteiger partial charge in [0.15, 0.2) is 12.1 Å². The molecule has 0 saturated heterocycles. The van der Waals surface area contributed by atoms with Gasteiger partial charge in [0.25, 0.3) is 13.4 Å². The molecule has 8 aromatic rings. The zero-order valence-electron chi connectivity index (χ0n) is 33.4. The van der Waals surface area contributed by atoms with Crippen molar-refractivity contribution in [1.82, 2.24) is 14.0 Å². The van der Waals surface area contributed by atoms with Gasteiger partial charge < -0.3 is 23.5 Å². The molecule has 5 aliphatic heterocycles. The lowest BCUT2D eigenvalue weighted by molar-refractivity contribution is 0.0669. The molecular formula is C50H41B2N3O2. The number of likely N-dealkylation sites (N-methyl/N-ethyl adjacent to an activating group) is 1. The summed E-state index contributed by atoms with van der Waals surface area (Å²) in [6.07, 6.45) is 2.14. The topological polar surface area (TPSA) is 31.6 Å². The molecule has 0 amide bonds. The summed E-state index contributed by atoms with van der Waals surface area (Å²) in [5.41, 5.74) is 17.5. The van der Waals surface area contributed by atoms with E-state index in [0.29, 0.717) is 0 Å². The highest BCUT2D eigenvalue weighted by atomic mass is 16.5. The second kappa shape index (κ2) is 10.3. The summed E-state index contributed by atoms with van der Waals surface area (Å²) in [6.45, 7) is 13.8. The molecule has 1 atom stereocenters. The number of hydrogen-bond donors (Lipinski definition) is 0. The number of aromatic nitrogens is 2. The van der Waals surface area contributed by atoms with E-state index in [2.05, 4.69) is 178 Å². The van der Waals surface area contributed by atoms with Crippen LogP contribution in [0.3, 0.4) is 0 Å². The Morgan fingerprint density at radius 2 is 1.07 bits per heavy atom. The highest BCUT2D eigenvalue weighted by Crippen LogP contribution is 2.46. The van der Waals surface area contributed by atoms with Gasteiger partial charge in [-0.1, -0.05) is 120 Å². The molecule has 0 radical (unpaired) electrons. The van der Waals surface area contributed by atoms with E-state index in [4.69, 9.17) is 9.47 Å². The minimum Gasteiger partial charge on any atom is -0.468 e. The number of benzene rings is 6. The van der Waals surface area contributed by atoms with E-state index in [1.54, 1.807) is 0 Å². The third kappa shape index (κ3) is 3.88. The maximum atomic E-state index is 7.33. The molecule has 7 heteroatoms. The molecule has 5 aliphatic rings. The van der Waals surface area contributed by atoms with Crippen molar-refractivity contribution in [3.63, 3.8) is 0 Å². The summed E-state index contributed by atoms with van der Waals surface area (Å²) >= 11 is 0. The van der Waals surface area contributed by atoms with E-state index in [9.17, 15) is 0 Å². The predicted octanol–water partition coefficient (Wildman–Crippen LogP) is 8.29. The molecule has 0 N–H and O–H groups in total. The lowest BCUT2D eigenvalue weighted by Gasteiger charge is -2.47.